The van der Waals surface area contributed by atoms with Crippen LogP contribution in [-0.4, -0.2) is 32.3 Å². The summed E-state index contributed by atoms with van der Waals surface area (Å²) in [6.45, 7) is 6.45. The second-order valence-electron chi connectivity index (χ2n) is 6.92. The van der Waals surface area contributed by atoms with Crippen molar-refractivity contribution in [2.45, 2.75) is 39.8 Å². The van der Waals surface area contributed by atoms with Gasteiger partial charge in [0.05, 0.1) is 17.9 Å². The molecule has 1 aliphatic heterocycles. The van der Waals surface area contributed by atoms with Crippen LogP contribution in [0.4, 0.5) is 5.82 Å². The van der Waals surface area contributed by atoms with Crippen LogP contribution in [0.1, 0.15) is 32.0 Å². The lowest BCUT2D eigenvalue weighted by Crippen LogP contribution is -2.22. The van der Waals surface area contributed by atoms with Crippen LogP contribution in [-0.2, 0) is 11.3 Å². The van der Waals surface area contributed by atoms with Gasteiger partial charge in [-0.25, -0.2) is 4.68 Å². The molecule has 8 nitrogen and oxygen atoms in total. The Kier molecular flexibility index (Phi) is 4.77. The molecule has 1 aliphatic rings. The smallest absolute Gasteiger partial charge is 0.247 e. The lowest BCUT2D eigenvalue weighted by Gasteiger charge is -2.14. The fraction of sp³-hybridized carbons (Fsp3) is 0.350. The van der Waals surface area contributed by atoms with E-state index < -0.39 is 0 Å². The summed E-state index contributed by atoms with van der Waals surface area (Å²) in [6, 6.07) is 7.83. The molecule has 0 bridgehead atoms. The predicted molar refractivity (Wildman–Crippen MR) is 104 cm³/mol. The number of carbonyl (C=O) groups is 1. The van der Waals surface area contributed by atoms with Crippen molar-refractivity contribution < 1.29 is 14.3 Å². The maximum atomic E-state index is 12.5. The number of amides is 1. The highest BCUT2D eigenvalue weighted by molar-refractivity contribution is 5.89. The summed E-state index contributed by atoms with van der Waals surface area (Å²) in [5.41, 5.74) is 2.74. The molecular weight excluding hydrogens is 358 g/mol. The van der Waals surface area contributed by atoms with Gasteiger partial charge in [0.1, 0.15) is 12.4 Å². The summed E-state index contributed by atoms with van der Waals surface area (Å²) < 4.78 is 14.2. The van der Waals surface area contributed by atoms with Crippen LogP contribution in [0, 0.1) is 6.92 Å². The van der Waals surface area contributed by atoms with Crippen molar-refractivity contribution in [2.75, 3.05) is 12.1 Å². The Morgan fingerprint density at radius 3 is 2.89 bits per heavy atom. The van der Waals surface area contributed by atoms with E-state index in [4.69, 9.17) is 9.47 Å². The molecule has 1 atom stereocenters. The van der Waals surface area contributed by atoms with Crippen molar-refractivity contribution in [3.8, 4) is 22.6 Å². The SMILES string of the molecule is CCC(C)n1nc(C)cc1NC(=O)Cn1cc(-c2ccc3c(c2)OCO3)cn1. The topological polar surface area (TPSA) is 83.2 Å². The Labute approximate surface area is 163 Å². The molecule has 0 radical (unpaired) electrons. The number of nitrogens with one attached hydrogen (secondary N) is 1. The zero-order valence-corrected chi connectivity index (χ0v) is 16.2. The summed E-state index contributed by atoms with van der Waals surface area (Å²) in [7, 11) is 0. The van der Waals surface area contributed by atoms with Crippen molar-refractivity contribution in [3.05, 3.63) is 42.4 Å². The Hall–Kier alpha value is -3.29. The number of nitrogens with zero attached hydrogens (tertiary/aromatic N) is 4. The molecule has 146 valence electrons. The molecule has 1 amide bonds. The van der Waals surface area contributed by atoms with Crippen molar-refractivity contribution in [3.63, 3.8) is 0 Å². The van der Waals surface area contributed by atoms with Crippen molar-refractivity contribution in [1.29, 1.82) is 0 Å². The molecule has 3 heterocycles. The van der Waals surface area contributed by atoms with E-state index in [2.05, 4.69) is 29.4 Å². The summed E-state index contributed by atoms with van der Waals surface area (Å²) >= 11 is 0. The number of ether oxygens (including phenoxy) is 2. The first kappa shape index (κ1) is 18.1. The minimum absolute atomic E-state index is 0.120. The minimum Gasteiger partial charge on any atom is -0.454 e. The third-order valence-electron chi connectivity index (χ3n) is 4.78. The van der Waals surface area contributed by atoms with E-state index in [-0.39, 0.29) is 25.3 Å². The average Bonchev–Trinajstić information content (AvgIpc) is 3.40. The molecule has 0 saturated carbocycles. The van der Waals surface area contributed by atoms with Crippen LogP contribution in [0.3, 0.4) is 0 Å². The van der Waals surface area contributed by atoms with Gasteiger partial charge in [0.2, 0.25) is 12.7 Å². The standard InChI is InChI=1S/C20H23N5O3/c1-4-14(3)25-19(7-13(2)23-25)22-20(26)11-24-10-16(9-21-24)15-5-6-17-18(8-15)28-12-27-17/h5-10,14H,4,11-12H2,1-3H3,(H,22,26). The van der Waals surface area contributed by atoms with Crippen molar-refractivity contribution in [2.24, 2.45) is 0 Å². The highest BCUT2D eigenvalue weighted by atomic mass is 16.7. The minimum atomic E-state index is -0.148. The Balaban J connectivity index is 1.45. The van der Waals surface area contributed by atoms with E-state index in [1.54, 1.807) is 10.9 Å². The third-order valence-corrected chi connectivity index (χ3v) is 4.78. The fourth-order valence-corrected chi connectivity index (χ4v) is 3.12. The summed E-state index contributed by atoms with van der Waals surface area (Å²) in [4.78, 5) is 12.5. The molecule has 28 heavy (non-hydrogen) atoms. The van der Waals surface area contributed by atoms with Crippen LogP contribution in [0.2, 0.25) is 0 Å². The van der Waals surface area contributed by atoms with Gasteiger partial charge >= 0.3 is 0 Å². The molecule has 0 saturated heterocycles. The number of carbonyl (C=O) groups excluding carboxylic acids is 1. The van der Waals surface area contributed by atoms with Gasteiger partial charge in [-0.15, -0.1) is 0 Å². The maximum absolute atomic E-state index is 12.5. The normalized spacial score (nSPS) is 13.5. The number of fused-ring (bicyclic) bond motifs is 1. The molecule has 1 aromatic carbocycles. The first-order chi connectivity index (χ1) is 13.5. The largest absolute Gasteiger partial charge is 0.454 e. The number of hydrogen-bond acceptors (Lipinski definition) is 5. The van der Waals surface area contributed by atoms with Gasteiger partial charge < -0.3 is 14.8 Å². The van der Waals surface area contributed by atoms with E-state index in [1.165, 1.54) is 0 Å². The number of benzene rings is 1. The molecule has 2 aromatic heterocycles. The van der Waals surface area contributed by atoms with Gasteiger partial charge in [0.25, 0.3) is 0 Å². The van der Waals surface area contributed by atoms with Gasteiger partial charge in [0, 0.05) is 17.8 Å². The summed E-state index contributed by atoms with van der Waals surface area (Å²) in [6.07, 6.45) is 4.51. The number of anilines is 1. The highest BCUT2D eigenvalue weighted by Crippen LogP contribution is 2.35. The molecule has 4 rings (SSSR count). The zero-order valence-electron chi connectivity index (χ0n) is 16.2. The molecule has 0 fully saturated rings. The van der Waals surface area contributed by atoms with Crippen LogP contribution in [0.5, 0.6) is 11.5 Å². The van der Waals surface area contributed by atoms with E-state index in [0.717, 1.165) is 34.7 Å². The molecular formula is C20H23N5O3. The van der Waals surface area contributed by atoms with Crippen LogP contribution in [0.25, 0.3) is 11.1 Å². The van der Waals surface area contributed by atoms with E-state index >= 15 is 0 Å². The predicted octanol–water partition coefficient (Wildman–Crippen LogP) is 3.39. The second-order valence-corrected chi connectivity index (χ2v) is 6.92. The van der Waals surface area contributed by atoms with E-state index in [9.17, 15) is 4.79 Å². The van der Waals surface area contributed by atoms with Crippen LogP contribution >= 0.6 is 0 Å². The van der Waals surface area contributed by atoms with Gasteiger partial charge in [-0.1, -0.05) is 13.0 Å². The zero-order chi connectivity index (χ0) is 19.7. The molecule has 0 spiro atoms. The third kappa shape index (κ3) is 3.58. The summed E-state index contributed by atoms with van der Waals surface area (Å²) in [5.74, 6) is 2.02. The number of aromatic nitrogens is 4. The van der Waals surface area contributed by atoms with Crippen LogP contribution < -0.4 is 14.8 Å². The summed E-state index contributed by atoms with van der Waals surface area (Å²) in [5, 5.41) is 11.7. The Bertz CT molecular complexity index is 1010. The number of hydrogen-bond donors (Lipinski definition) is 1. The van der Waals surface area contributed by atoms with Gasteiger partial charge in [-0.2, -0.15) is 10.2 Å². The average molecular weight is 381 g/mol. The highest BCUT2D eigenvalue weighted by Gasteiger charge is 2.16. The first-order valence-electron chi connectivity index (χ1n) is 9.32. The molecule has 1 unspecified atom stereocenters. The van der Waals surface area contributed by atoms with Crippen molar-refractivity contribution in [1.82, 2.24) is 19.6 Å². The first-order valence-corrected chi connectivity index (χ1v) is 9.32. The van der Waals surface area contributed by atoms with Gasteiger partial charge in [0.15, 0.2) is 11.5 Å². The quantitative estimate of drug-likeness (QED) is 0.708. The van der Waals surface area contributed by atoms with Gasteiger partial charge in [-0.05, 0) is 38.0 Å². The molecule has 3 aromatic rings. The Morgan fingerprint density at radius 1 is 1.25 bits per heavy atom. The van der Waals surface area contributed by atoms with E-state index in [0.29, 0.717) is 5.82 Å². The number of rotatable bonds is 6. The number of aryl methyl sites for hydroxylation is 1. The van der Waals surface area contributed by atoms with Crippen LogP contribution in [0.15, 0.2) is 36.7 Å². The monoisotopic (exact) mass is 381 g/mol. The maximum Gasteiger partial charge on any atom is 0.247 e. The second kappa shape index (κ2) is 7.38. The lowest BCUT2D eigenvalue weighted by atomic mass is 10.1. The van der Waals surface area contributed by atoms with Crippen molar-refractivity contribution >= 4 is 11.7 Å². The Morgan fingerprint density at radius 2 is 2.07 bits per heavy atom. The molecule has 1 N–H and O–H groups in total. The van der Waals surface area contributed by atoms with E-state index in [1.807, 2.05) is 42.1 Å². The lowest BCUT2D eigenvalue weighted by molar-refractivity contribution is -0.117. The molecule has 8 heteroatoms. The molecule has 0 aliphatic carbocycles. The fourth-order valence-electron chi connectivity index (χ4n) is 3.12. The van der Waals surface area contributed by atoms with Gasteiger partial charge in [-0.3, -0.25) is 9.48 Å².